The zero-order chi connectivity index (χ0) is 27.9. The number of halogens is 4. The van der Waals surface area contributed by atoms with E-state index in [4.69, 9.17) is 16.3 Å². The van der Waals surface area contributed by atoms with E-state index < -0.39 is 18.0 Å². The second-order valence-electron chi connectivity index (χ2n) is 10.0. The van der Waals surface area contributed by atoms with Gasteiger partial charge in [-0.25, -0.2) is 0 Å². The van der Waals surface area contributed by atoms with E-state index in [1.54, 1.807) is 44.4 Å². The van der Waals surface area contributed by atoms with Crippen LogP contribution in [0, 0.1) is 5.92 Å². The van der Waals surface area contributed by atoms with Gasteiger partial charge in [0.1, 0.15) is 5.75 Å². The van der Waals surface area contributed by atoms with Crippen molar-refractivity contribution in [1.82, 2.24) is 9.80 Å². The van der Waals surface area contributed by atoms with Crippen molar-refractivity contribution in [3.05, 3.63) is 64.2 Å². The molecule has 0 N–H and O–H groups in total. The van der Waals surface area contributed by atoms with Crippen LogP contribution in [-0.4, -0.2) is 61.6 Å². The molecular weight excluding hydrogens is 517 g/mol. The van der Waals surface area contributed by atoms with E-state index in [0.29, 0.717) is 61.2 Å². The first-order valence-electron chi connectivity index (χ1n) is 13.1. The second-order valence-corrected chi connectivity index (χ2v) is 10.4. The lowest BCUT2D eigenvalue weighted by Gasteiger charge is -2.35. The molecule has 2 amide bonds. The van der Waals surface area contributed by atoms with Crippen LogP contribution in [0.2, 0.25) is 5.02 Å². The molecule has 1 atom stereocenters. The van der Waals surface area contributed by atoms with Crippen LogP contribution < -0.4 is 4.74 Å². The van der Waals surface area contributed by atoms with Crippen LogP contribution in [-0.2, 0) is 11.2 Å². The molecule has 0 unspecified atom stereocenters. The van der Waals surface area contributed by atoms with Crippen molar-refractivity contribution in [2.45, 2.75) is 57.5 Å². The number of hydrogen-bond donors (Lipinski definition) is 0. The zero-order valence-electron chi connectivity index (χ0n) is 22.2. The molecule has 9 heteroatoms. The number of amides is 2. The van der Waals surface area contributed by atoms with E-state index >= 15 is 0 Å². The molecule has 3 rings (SSSR count). The topological polar surface area (TPSA) is 49.9 Å². The summed E-state index contributed by atoms with van der Waals surface area (Å²) in [7, 11) is 3.33. The lowest BCUT2D eigenvalue weighted by molar-refractivity contribution is -0.172. The number of carbonyl (C=O) groups is 2. The molecule has 0 aromatic heterocycles. The average molecular weight is 553 g/mol. The molecule has 38 heavy (non-hydrogen) atoms. The monoisotopic (exact) mass is 552 g/mol. The molecule has 0 spiro atoms. The van der Waals surface area contributed by atoms with Crippen LogP contribution in [0.4, 0.5) is 13.2 Å². The molecule has 1 saturated heterocycles. The summed E-state index contributed by atoms with van der Waals surface area (Å²) in [6.45, 7) is 3.06. The van der Waals surface area contributed by atoms with E-state index in [0.717, 1.165) is 24.8 Å². The summed E-state index contributed by atoms with van der Waals surface area (Å²) in [5, 5.41) is 0.341. The zero-order valence-corrected chi connectivity index (χ0v) is 22.9. The van der Waals surface area contributed by atoms with Gasteiger partial charge in [-0.1, -0.05) is 49.2 Å². The number of piperidine rings is 1. The van der Waals surface area contributed by atoms with E-state index in [1.807, 2.05) is 6.92 Å². The minimum atomic E-state index is -4.63. The van der Waals surface area contributed by atoms with Gasteiger partial charge in [-0.2, -0.15) is 13.2 Å². The predicted octanol–water partition coefficient (Wildman–Crippen LogP) is 6.74. The summed E-state index contributed by atoms with van der Waals surface area (Å²) in [6.07, 6.45) is 0.0428. The summed E-state index contributed by atoms with van der Waals surface area (Å²) >= 11 is 6.22. The highest BCUT2D eigenvalue weighted by molar-refractivity contribution is 6.34. The molecule has 1 aliphatic rings. The Morgan fingerprint density at radius 2 is 1.82 bits per heavy atom. The van der Waals surface area contributed by atoms with Crippen molar-refractivity contribution in [2.24, 2.45) is 5.92 Å². The maximum absolute atomic E-state index is 13.9. The Morgan fingerprint density at radius 3 is 2.42 bits per heavy atom. The molecule has 5 nitrogen and oxygen atoms in total. The molecule has 208 valence electrons. The van der Waals surface area contributed by atoms with Crippen LogP contribution >= 0.6 is 11.6 Å². The predicted molar refractivity (Wildman–Crippen MR) is 143 cm³/mol. The van der Waals surface area contributed by atoms with Crippen LogP contribution in [0.15, 0.2) is 42.5 Å². The molecule has 2 aromatic carbocycles. The average Bonchev–Trinajstić information content (AvgIpc) is 2.88. The minimum Gasteiger partial charge on any atom is -0.494 e. The summed E-state index contributed by atoms with van der Waals surface area (Å²) in [4.78, 5) is 27.9. The number of unbranched alkanes of at least 4 members (excludes halogenated alkanes) is 1. The summed E-state index contributed by atoms with van der Waals surface area (Å²) in [5.41, 5.74) is 1.22. The Balaban J connectivity index is 1.43. The first kappa shape index (κ1) is 29.8. The Kier molecular flexibility index (Phi) is 10.5. The first-order chi connectivity index (χ1) is 18.0. The largest absolute Gasteiger partial charge is 0.494 e. The Labute approximate surface area is 227 Å². The number of nitrogens with zero attached hydrogens (tertiary/aromatic N) is 2. The van der Waals surface area contributed by atoms with Crippen LogP contribution in [0.5, 0.6) is 5.75 Å². The number of aryl methyl sites for hydroxylation is 1. The summed E-state index contributed by atoms with van der Waals surface area (Å²) in [6, 6.07) is 11.3. The van der Waals surface area contributed by atoms with Gasteiger partial charge in [0.2, 0.25) is 5.91 Å². The first-order valence-corrected chi connectivity index (χ1v) is 13.5. The number of ether oxygens (including phenoxy) is 1. The summed E-state index contributed by atoms with van der Waals surface area (Å²) in [5.74, 6) is -2.17. The van der Waals surface area contributed by atoms with Crippen molar-refractivity contribution in [2.75, 3.05) is 33.8 Å². The van der Waals surface area contributed by atoms with E-state index in [9.17, 15) is 22.8 Å². The molecule has 1 heterocycles. The normalized spacial score (nSPS) is 15.3. The van der Waals surface area contributed by atoms with Crippen molar-refractivity contribution in [3.8, 4) is 5.75 Å². The molecule has 1 aliphatic heterocycles. The Morgan fingerprint density at radius 1 is 1.11 bits per heavy atom. The molecule has 1 fully saturated rings. The molecule has 0 bridgehead atoms. The third kappa shape index (κ3) is 7.88. The number of benzene rings is 2. The highest BCUT2D eigenvalue weighted by Gasteiger charge is 2.48. The van der Waals surface area contributed by atoms with Crippen molar-refractivity contribution in [1.29, 1.82) is 0 Å². The number of likely N-dealkylation sites (tertiary alicyclic amines) is 1. The lowest BCUT2D eigenvalue weighted by atomic mass is 9.89. The van der Waals surface area contributed by atoms with Gasteiger partial charge < -0.3 is 14.5 Å². The Hall–Kier alpha value is -2.74. The SMILES string of the molecule is CCc1cccc([C@@H](C(=O)N2CCC(CCCCOc3ccc(C(=O)N(C)C)c(Cl)c3)CC2)C(F)(F)F)c1. The van der Waals surface area contributed by atoms with E-state index in [1.165, 1.54) is 21.9 Å². The Bertz CT molecular complexity index is 1100. The fourth-order valence-corrected chi connectivity index (χ4v) is 5.07. The number of rotatable bonds is 10. The number of alkyl halides is 3. The van der Waals surface area contributed by atoms with Crippen molar-refractivity contribution < 1.29 is 27.5 Å². The van der Waals surface area contributed by atoms with Gasteiger partial charge in [-0.05, 0) is 67.3 Å². The quantitative estimate of drug-likeness (QED) is 0.307. The fraction of sp³-hybridized carbons (Fsp3) is 0.517. The lowest BCUT2D eigenvalue weighted by Crippen LogP contribution is -2.44. The van der Waals surface area contributed by atoms with Gasteiger partial charge in [0.25, 0.3) is 5.91 Å². The molecule has 2 aromatic rings. The smallest absolute Gasteiger partial charge is 0.404 e. The van der Waals surface area contributed by atoms with Gasteiger partial charge in [0.15, 0.2) is 5.92 Å². The van der Waals surface area contributed by atoms with Crippen LogP contribution in [0.25, 0.3) is 0 Å². The van der Waals surface area contributed by atoms with Gasteiger partial charge in [0.05, 0.1) is 17.2 Å². The highest BCUT2D eigenvalue weighted by Crippen LogP contribution is 2.38. The van der Waals surface area contributed by atoms with E-state index in [2.05, 4.69) is 0 Å². The fourth-order valence-electron chi connectivity index (χ4n) is 4.81. The van der Waals surface area contributed by atoms with Crippen molar-refractivity contribution >= 4 is 23.4 Å². The molecule has 0 radical (unpaired) electrons. The van der Waals surface area contributed by atoms with Gasteiger partial charge >= 0.3 is 6.18 Å². The molecular formula is C29H36ClF3N2O3. The van der Waals surface area contributed by atoms with E-state index in [-0.39, 0.29) is 11.5 Å². The van der Waals surface area contributed by atoms with Crippen LogP contribution in [0.1, 0.15) is 66.4 Å². The van der Waals surface area contributed by atoms with Crippen LogP contribution in [0.3, 0.4) is 0 Å². The third-order valence-corrected chi connectivity index (χ3v) is 7.36. The molecule has 0 saturated carbocycles. The second kappa shape index (κ2) is 13.4. The van der Waals surface area contributed by atoms with Crippen molar-refractivity contribution in [3.63, 3.8) is 0 Å². The minimum absolute atomic E-state index is 0.0178. The summed E-state index contributed by atoms with van der Waals surface area (Å²) < 4.78 is 47.5. The van der Waals surface area contributed by atoms with Gasteiger partial charge in [-0.3, -0.25) is 9.59 Å². The molecule has 0 aliphatic carbocycles. The number of hydrogen-bond acceptors (Lipinski definition) is 3. The third-order valence-electron chi connectivity index (χ3n) is 7.05. The van der Waals surface area contributed by atoms with Gasteiger partial charge in [0, 0.05) is 27.2 Å². The maximum atomic E-state index is 13.9. The maximum Gasteiger partial charge on any atom is 0.404 e. The standard InChI is InChI=1S/C29H36ClF3N2O3/c1-4-20-9-7-10-22(18-20)26(29(31,32)33)28(37)35-15-13-21(14-16-35)8-5-6-17-38-23-11-12-24(25(30)19-23)27(36)34(2)3/h7,9-12,18-19,21,26H,4-6,8,13-17H2,1-3H3/t26-/m0/s1. The van der Waals surface area contributed by atoms with Gasteiger partial charge in [-0.15, -0.1) is 0 Å². The number of carbonyl (C=O) groups excluding carboxylic acids is 2. The highest BCUT2D eigenvalue weighted by atomic mass is 35.5.